The van der Waals surface area contributed by atoms with Crippen LogP contribution in [0.15, 0.2) is 48.6 Å². The summed E-state index contributed by atoms with van der Waals surface area (Å²) in [6, 6.07) is 0. The van der Waals surface area contributed by atoms with E-state index in [1.54, 1.807) is 0 Å². The van der Waals surface area contributed by atoms with Gasteiger partial charge in [-0.3, -0.25) is 9.35 Å². The fraction of sp³-hybridized carbons (Fsp3) is 0.769. The molecule has 52 heavy (non-hydrogen) atoms. The quantitative estimate of drug-likeness (QED) is 0.0243. The Balaban J connectivity index is 2.50. The minimum atomic E-state index is -5.06. The van der Waals surface area contributed by atoms with Crippen LogP contribution in [0.4, 0.5) is 0 Å². The molecule has 0 spiro atoms. The number of hydrogen-bond donors (Lipinski definition) is 4. The minimum absolute atomic E-state index is 0.0247. The molecule has 12 nitrogen and oxygen atoms in total. The SMILES string of the molecule is CC/C=C\C/C=C\C/C=C\C/C=C\CCCCCCC(=O)OC(COCCCCCCCCCC)COC1OC(CO)C(O)C(OS(=O)(=O)O)C1O. The molecule has 1 fully saturated rings. The smallest absolute Gasteiger partial charge is 0.397 e. The van der Waals surface area contributed by atoms with Crippen LogP contribution >= 0.6 is 0 Å². The molecule has 13 heteroatoms. The van der Waals surface area contributed by atoms with Gasteiger partial charge in [-0.25, -0.2) is 4.18 Å². The van der Waals surface area contributed by atoms with E-state index in [4.69, 9.17) is 23.5 Å². The molecule has 302 valence electrons. The molecule has 4 N–H and O–H groups in total. The summed E-state index contributed by atoms with van der Waals surface area (Å²) in [6.07, 6.45) is 25.9. The van der Waals surface area contributed by atoms with Crippen molar-refractivity contribution in [2.45, 2.75) is 166 Å². The summed E-state index contributed by atoms with van der Waals surface area (Å²) >= 11 is 0. The van der Waals surface area contributed by atoms with Crippen molar-refractivity contribution in [2.24, 2.45) is 0 Å². The molecule has 1 aliphatic heterocycles. The van der Waals surface area contributed by atoms with Gasteiger partial charge in [0.05, 0.1) is 19.8 Å². The Hall–Kier alpha value is -1.94. The number of rotatable bonds is 32. The Morgan fingerprint density at radius 1 is 0.750 bits per heavy atom. The zero-order valence-electron chi connectivity index (χ0n) is 31.6. The summed E-state index contributed by atoms with van der Waals surface area (Å²) in [5, 5.41) is 30.5. The molecule has 6 unspecified atom stereocenters. The lowest BCUT2D eigenvalue weighted by atomic mass is 9.99. The third-order valence-electron chi connectivity index (χ3n) is 8.47. The van der Waals surface area contributed by atoms with Crippen molar-refractivity contribution in [2.75, 3.05) is 26.4 Å². The Morgan fingerprint density at radius 3 is 1.94 bits per heavy atom. The Labute approximate surface area is 313 Å². The van der Waals surface area contributed by atoms with Crippen LogP contribution < -0.4 is 0 Å². The highest BCUT2D eigenvalue weighted by Crippen LogP contribution is 2.26. The van der Waals surface area contributed by atoms with E-state index in [0.717, 1.165) is 70.6 Å². The third-order valence-corrected chi connectivity index (χ3v) is 8.93. The highest BCUT2D eigenvalue weighted by atomic mass is 32.3. The van der Waals surface area contributed by atoms with Crippen molar-refractivity contribution in [1.82, 2.24) is 0 Å². The molecule has 0 saturated carbocycles. The lowest BCUT2D eigenvalue weighted by Gasteiger charge is -2.41. The van der Waals surface area contributed by atoms with Crippen molar-refractivity contribution < 1.29 is 56.2 Å². The van der Waals surface area contributed by atoms with Gasteiger partial charge in [-0.2, -0.15) is 8.42 Å². The number of hydrogen-bond acceptors (Lipinski definition) is 11. The number of esters is 1. The van der Waals surface area contributed by atoms with Gasteiger partial charge in [0.1, 0.15) is 30.5 Å². The number of carbonyl (C=O) groups is 1. The molecule has 0 bridgehead atoms. The van der Waals surface area contributed by atoms with Crippen LogP contribution in [0, 0.1) is 0 Å². The van der Waals surface area contributed by atoms with Gasteiger partial charge in [0.15, 0.2) is 6.29 Å². The molecule has 0 radical (unpaired) electrons. The number of ether oxygens (including phenoxy) is 4. The monoisotopic (exact) mass is 760 g/mol. The summed E-state index contributed by atoms with van der Waals surface area (Å²) in [5.41, 5.74) is 0. The first-order valence-electron chi connectivity index (χ1n) is 19.4. The molecule has 1 rings (SSSR count). The number of unbranched alkanes of at least 4 members (excludes halogenated alkanes) is 11. The molecule has 0 aromatic heterocycles. The van der Waals surface area contributed by atoms with E-state index in [0.29, 0.717) is 13.0 Å². The zero-order valence-corrected chi connectivity index (χ0v) is 32.4. The van der Waals surface area contributed by atoms with Crippen LogP contribution in [-0.2, 0) is 38.3 Å². The van der Waals surface area contributed by atoms with Gasteiger partial charge < -0.3 is 34.3 Å². The number of aliphatic hydroxyl groups excluding tert-OH is 3. The maximum absolute atomic E-state index is 12.7. The van der Waals surface area contributed by atoms with Gasteiger partial charge in [0.25, 0.3) is 0 Å². The zero-order chi connectivity index (χ0) is 38.3. The Bertz CT molecular complexity index is 1110. The van der Waals surface area contributed by atoms with Crippen LogP contribution in [0.25, 0.3) is 0 Å². The molecule has 0 amide bonds. The standard InChI is InChI=1S/C39H68O12S/c1-3-5-7-9-11-13-14-15-16-17-18-19-20-21-22-24-26-28-35(41)49-33(31-47-29-27-25-23-12-10-8-6-4-2)32-48-39-37(43)38(51-52(44,45)46)36(42)34(30-40)50-39/h5,7,11,13,15-16,18-19,33-34,36-40,42-43H,3-4,6,8-10,12,14,17,20-32H2,1-2H3,(H,44,45,46)/b7-5-,13-11-,16-15-,19-18-. The number of aliphatic hydroxyl groups is 3. The van der Waals surface area contributed by atoms with Gasteiger partial charge >= 0.3 is 16.4 Å². The van der Waals surface area contributed by atoms with Crippen molar-refractivity contribution in [3.8, 4) is 0 Å². The predicted molar refractivity (Wildman–Crippen MR) is 202 cm³/mol. The highest BCUT2D eigenvalue weighted by Gasteiger charge is 2.48. The molecule has 0 aromatic rings. The Kier molecular flexibility index (Phi) is 29.0. The molecule has 1 saturated heterocycles. The van der Waals surface area contributed by atoms with Crippen LogP contribution in [0.3, 0.4) is 0 Å². The highest BCUT2D eigenvalue weighted by molar-refractivity contribution is 7.80. The number of allylic oxidation sites excluding steroid dienone is 8. The topological polar surface area (TPSA) is 178 Å². The van der Waals surface area contributed by atoms with E-state index < -0.39 is 59.8 Å². The first-order chi connectivity index (χ1) is 25.1. The molecule has 0 aliphatic carbocycles. The van der Waals surface area contributed by atoms with E-state index in [1.807, 2.05) is 0 Å². The second-order valence-electron chi connectivity index (χ2n) is 13.1. The summed E-state index contributed by atoms with van der Waals surface area (Å²) in [4.78, 5) is 12.7. The van der Waals surface area contributed by atoms with Crippen molar-refractivity contribution in [3.05, 3.63) is 48.6 Å². The fourth-order valence-corrected chi connectivity index (χ4v) is 6.05. The first-order valence-corrected chi connectivity index (χ1v) is 20.8. The van der Waals surface area contributed by atoms with Crippen LogP contribution in [0.2, 0.25) is 0 Å². The first kappa shape index (κ1) is 48.1. The van der Waals surface area contributed by atoms with E-state index in [9.17, 15) is 28.5 Å². The van der Waals surface area contributed by atoms with Crippen molar-refractivity contribution in [1.29, 1.82) is 0 Å². The minimum Gasteiger partial charge on any atom is -0.457 e. The molecular formula is C39H68O12S. The molecular weight excluding hydrogens is 692 g/mol. The molecule has 0 aromatic carbocycles. The van der Waals surface area contributed by atoms with Crippen molar-refractivity contribution >= 4 is 16.4 Å². The van der Waals surface area contributed by atoms with Gasteiger partial charge in [0.2, 0.25) is 0 Å². The molecule has 1 aliphatic rings. The summed E-state index contributed by atoms with van der Waals surface area (Å²) in [7, 11) is -5.06. The van der Waals surface area contributed by atoms with E-state index >= 15 is 0 Å². The average molecular weight is 761 g/mol. The normalized spacial score (nSPS) is 22.0. The van der Waals surface area contributed by atoms with Crippen molar-refractivity contribution in [3.63, 3.8) is 0 Å². The summed E-state index contributed by atoms with van der Waals surface area (Å²) < 4.78 is 58.6. The predicted octanol–water partition coefficient (Wildman–Crippen LogP) is 6.84. The van der Waals surface area contributed by atoms with Crippen LogP contribution in [0.1, 0.15) is 129 Å². The maximum atomic E-state index is 12.7. The summed E-state index contributed by atoms with van der Waals surface area (Å²) in [5.74, 6) is -0.426. The lowest BCUT2D eigenvalue weighted by Crippen LogP contribution is -2.60. The second-order valence-corrected chi connectivity index (χ2v) is 14.2. The van der Waals surface area contributed by atoms with Crippen LogP contribution in [0.5, 0.6) is 0 Å². The Morgan fingerprint density at radius 2 is 1.33 bits per heavy atom. The van der Waals surface area contributed by atoms with E-state index in [-0.39, 0.29) is 19.6 Å². The number of carbonyl (C=O) groups excluding carboxylic acids is 1. The average Bonchev–Trinajstić information content (AvgIpc) is 3.11. The second kappa shape index (κ2) is 31.4. The largest absolute Gasteiger partial charge is 0.457 e. The molecule has 6 atom stereocenters. The van der Waals surface area contributed by atoms with Gasteiger partial charge in [-0.15, -0.1) is 0 Å². The van der Waals surface area contributed by atoms with E-state index in [2.05, 4.69) is 66.6 Å². The van der Waals surface area contributed by atoms with Crippen LogP contribution in [-0.4, -0.2) is 97.5 Å². The summed E-state index contributed by atoms with van der Waals surface area (Å²) in [6.45, 7) is 3.78. The third kappa shape index (κ3) is 25.1. The lowest BCUT2D eigenvalue weighted by molar-refractivity contribution is -0.301. The van der Waals surface area contributed by atoms with Gasteiger partial charge in [-0.05, 0) is 51.4 Å². The van der Waals surface area contributed by atoms with Gasteiger partial charge in [0, 0.05) is 13.0 Å². The molecule has 1 heterocycles. The maximum Gasteiger partial charge on any atom is 0.397 e. The van der Waals surface area contributed by atoms with E-state index in [1.165, 1.54) is 32.1 Å². The fourth-order valence-electron chi connectivity index (χ4n) is 5.54. The van der Waals surface area contributed by atoms with Gasteiger partial charge in [-0.1, -0.05) is 120 Å².